The number of aryl methyl sites for hydroxylation is 1. The zero-order valence-corrected chi connectivity index (χ0v) is 11.6. The summed E-state index contributed by atoms with van der Waals surface area (Å²) in [6.07, 6.45) is 2.19. The highest BCUT2D eigenvalue weighted by Gasteiger charge is 2.53. The molecule has 0 unspecified atom stereocenters. The molecule has 3 rings (SSSR count). The van der Waals surface area contributed by atoms with Gasteiger partial charge in [-0.1, -0.05) is 0 Å². The molecule has 0 aromatic heterocycles. The fourth-order valence-electron chi connectivity index (χ4n) is 2.74. The van der Waals surface area contributed by atoms with Gasteiger partial charge in [0, 0.05) is 18.6 Å². The van der Waals surface area contributed by atoms with E-state index in [-0.39, 0.29) is 10.4 Å². The van der Waals surface area contributed by atoms with E-state index in [0.717, 1.165) is 12.8 Å². The number of hydrogen-bond acceptors (Lipinski definition) is 3. The Labute approximate surface area is 112 Å². The summed E-state index contributed by atoms with van der Waals surface area (Å²) in [5.41, 5.74) is 6.25. The SMILES string of the molecule is Cc1cc(F)ccc1S(=O)(=O)N1CC(N)(C2CC2)C1. The van der Waals surface area contributed by atoms with Crippen molar-refractivity contribution < 1.29 is 12.8 Å². The van der Waals surface area contributed by atoms with Crippen LogP contribution in [-0.4, -0.2) is 31.4 Å². The summed E-state index contributed by atoms with van der Waals surface area (Å²) in [5.74, 6) is 0.0412. The van der Waals surface area contributed by atoms with Gasteiger partial charge in [-0.2, -0.15) is 4.31 Å². The summed E-state index contributed by atoms with van der Waals surface area (Å²) < 4.78 is 39.3. The summed E-state index contributed by atoms with van der Waals surface area (Å²) in [6, 6.07) is 3.74. The van der Waals surface area contributed by atoms with Crippen molar-refractivity contribution in [3.8, 4) is 0 Å². The summed E-state index contributed by atoms with van der Waals surface area (Å²) in [6.45, 7) is 2.35. The van der Waals surface area contributed by atoms with E-state index >= 15 is 0 Å². The Morgan fingerprint density at radius 1 is 1.37 bits per heavy atom. The third-order valence-electron chi connectivity index (χ3n) is 4.09. The van der Waals surface area contributed by atoms with E-state index in [1.54, 1.807) is 6.92 Å². The van der Waals surface area contributed by atoms with E-state index in [2.05, 4.69) is 0 Å². The van der Waals surface area contributed by atoms with Crippen LogP contribution in [0.4, 0.5) is 4.39 Å². The van der Waals surface area contributed by atoms with Crippen molar-refractivity contribution in [2.24, 2.45) is 11.7 Å². The van der Waals surface area contributed by atoms with Gasteiger partial charge in [0.2, 0.25) is 10.0 Å². The first-order valence-electron chi connectivity index (χ1n) is 6.38. The van der Waals surface area contributed by atoms with Crippen LogP contribution in [0.5, 0.6) is 0 Å². The fourth-order valence-corrected chi connectivity index (χ4v) is 4.54. The highest BCUT2D eigenvalue weighted by Crippen LogP contribution is 2.44. The molecule has 1 saturated heterocycles. The monoisotopic (exact) mass is 284 g/mol. The molecule has 4 nitrogen and oxygen atoms in total. The molecule has 0 bridgehead atoms. The summed E-state index contributed by atoms with van der Waals surface area (Å²) >= 11 is 0. The molecule has 19 heavy (non-hydrogen) atoms. The third-order valence-corrected chi connectivity index (χ3v) is 6.04. The second-order valence-corrected chi connectivity index (χ2v) is 7.60. The number of nitrogens with zero attached hydrogens (tertiary/aromatic N) is 1. The van der Waals surface area contributed by atoms with Gasteiger partial charge in [-0.25, -0.2) is 12.8 Å². The Morgan fingerprint density at radius 3 is 2.53 bits per heavy atom. The number of halogens is 1. The van der Waals surface area contributed by atoms with Gasteiger partial charge < -0.3 is 5.73 Å². The summed E-state index contributed by atoms with van der Waals surface area (Å²) in [4.78, 5) is 0.173. The number of nitrogens with two attached hydrogens (primary N) is 1. The highest BCUT2D eigenvalue weighted by atomic mass is 32.2. The second-order valence-electron chi connectivity index (χ2n) is 5.69. The smallest absolute Gasteiger partial charge is 0.243 e. The molecule has 1 heterocycles. The number of benzene rings is 1. The molecule has 2 aliphatic rings. The third kappa shape index (κ3) is 2.07. The van der Waals surface area contributed by atoms with E-state index in [1.807, 2.05) is 0 Å². The van der Waals surface area contributed by atoms with Crippen LogP contribution in [0.2, 0.25) is 0 Å². The van der Waals surface area contributed by atoms with E-state index in [9.17, 15) is 12.8 Å². The fraction of sp³-hybridized carbons (Fsp3) is 0.538. The highest BCUT2D eigenvalue weighted by molar-refractivity contribution is 7.89. The second kappa shape index (κ2) is 4.01. The van der Waals surface area contributed by atoms with Crippen LogP contribution in [0.1, 0.15) is 18.4 Å². The van der Waals surface area contributed by atoms with Crippen molar-refractivity contribution >= 4 is 10.0 Å². The van der Waals surface area contributed by atoms with Crippen LogP contribution in [0, 0.1) is 18.7 Å². The Morgan fingerprint density at radius 2 is 2.00 bits per heavy atom. The van der Waals surface area contributed by atoms with Crippen LogP contribution in [-0.2, 0) is 10.0 Å². The topological polar surface area (TPSA) is 63.4 Å². The van der Waals surface area contributed by atoms with Crippen molar-refractivity contribution in [3.05, 3.63) is 29.6 Å². The number of rotatable bonds is 3. The maximum Gasteiger partial charge on any atom is 0.243 e. The lowest BCUT2D eigenvalue weighted by Crippen LogP contribution is -2.69. The molecule has 1 aliphatic carbocycles. The van der Waals surface area contributed by atoms with E-state index in [0.29, 0.717) is 24.6 Å². The Bertz CT molecular complexity index is 620. The van der Waals surface area contributed by atoms with Crippen molar-refractivity contribution in [3.63, 3.8) is 0 Å². The van der Waals surface area contributed by atoms with E-state index in [1.165, 1.54) is 22.5 Å². The van der Waals surface area contributed by atoms with Gasteiger partial charge >= 0.3 is 0 Å². The predicted octanol–water partition coefficient (Wildman–Crippen LogP) is 1.25. The molecule has 0 spiro atoms. The number of hydrogen-bond donors (Lipinski definition) is 1. The van der Waals surface area contributed by atoms with Crippen LogP contribution < -0.4 is 5.73 Å². The maximum absolute atomic E-state index is 13.0. The minimum atomic E-state index is -3.54. The van der Waals surface area contributed by atoms with Crippen molar-refractivity contribution in [2.75, 3.05) is 13.1 Å². The lowest BCUT2D eigenvalue weighted by Gasteiger charge is -2.47. The lowest BCUT2D eigenvalue weighted by atomic mass is 9.88. The minimum absolute atomic E-state index is 0.173. The van der Waals surface area contributed by atoms with Crippen LogP contribution >= 0.6 is 0 Å². The zero-order valence-electron chi connectivity index (χ0n) is 10.8. The molecule has 1 saturated carbocycles. The maximum atomic E-state index is 13.0. The Hall–Kier alpha value is -0.980. The largest absolute Gasteiger partial charge is 0.323 e. The molecule has 1 aromatic carbocycles. The van der Waals surface area contributed by atoms with Gasteiger partial charge in [-0.3, -0.25) is 0 Å². The van der Waals surface area contributed by atoms with Crippen molar-refractivity contribution in [1.82, 2.24) is 4.31 Å². The molecule has 104 valence electrons. The van der Waals surface area contributed by atoms with E-state index in [4.69, 9.17) is 5.73 Å². The first-order valence-corrected chi connectivity index (χ1v) is 7.82. The molecule has 2 fully saturated rings. The van der Waals surface area contributed by atoms with Gasteiger partial charge in [-0.05, 0) is 49.4 Å². The average molecular weight is 284 g/mol. The van der Waals surface area contributed by atoms with Gasteiger partial charge in [0.25, 0.3) is 0 Å². The van der Waals surface area contributed by atoms with E-state index < -0.39 is 15.8 Å². The van der Waals surface area contributed by atoms with Gasteiger partial charge in [0.1, 0.15) is 5.82 Å². The van der Waals surface area contributed by atoms with Gasteiger partial charge in [0.05, 0.1) is 4.90 Å². The quantitative estimate of drug-likeness (QED) is 0.908. The molecular formula is C13H17FN2O2S. The first kappa shape index (κ1) is 13.0. The molecule has 2 N–H and O–H groups in total. The first-order chi connectivity index (χ1) is 8.83. The zero-order chi connectivity index (χ0) is 13.8. The Kier molecular flexibility index (Phi) is 2.75. The van der Waals surface area contributed by atoms with Crippen LogP contribution in [0.3, 0.4) is 0 Å². The predicted molar refractivity (Wildman–Crippen MR) is 69.5 cm³/mol. The standard InChI is InChI=1S/C13H17FN2O2S/c1-9-6-11(14)4-5-12(9)19(17,18)16-7-13(15,8-16)10-2-3-10/h4-6,10H,2-3,7-8,15H2,1H3. The van der Waals surface area contributed by atoms with Gasteiger partial charge in [-0.15, -0.1) is 0 Å². The summed E-state index contributed by atoms with van der Waals surface area (Å²) in [7, 11) is -3.54. The lowest BCUT2D eigenvalue weighted by molar-refractivity contribution is 0.135. The van der Waals surface area contributed by atoms with Crippen LogP contribution in [0.25, 0.3) is 0 Å². The van der Waals surface area contributed by atoms with Gasteiger partial charge in [0.15, 0.2) is 0 Å². The van der Waals surface area contributed by atoms with Crippen molar-refractivity contribution in [1.29, 1.82) is 0 Å². The molecule has 0 radical (unpaired) electrons. The van der Waals surface area contributed by atoms with Crippen molar-refractivity contribution in [2.45, 2.75) is 30.2 Å². The molecule has 0 amide bonds. The van der Waals surface area contributed by atoms with Crippen LogP contribution in [0.15, 0.2) is 23.1 Å². The molecule has 1 aromatic rings. The minimum Gasteiger partial charge on any atom is -0.323 e. The molecule has 6 heteroatoms. The molecule has 1 aliphatic heterocycles. The number of sulfonamides is 1. The normalized spacial score (nSPS) is 23.1. The molecule has 0 atom stereocenters. The summed E-state index contributed by atoms with van der Waals surface area (Å²) in [5, 5.41) is 0. The Balaban J connectivity index is 1.84. The molecular weight excluding hydrogens is 267 g/mol. The average Bonchev–Trinajstić information content (AvgIpc) is 3.07.